The molecule has 0 saturated heterocycles. The molecule has 1 fully saturated rings. The van der Waals surface area contributed by atoms with Gasteiger partial charge in [0.2, 0.25) is 16.1 Å². The third-order valence-corrected chi connectivity index (χ3v) is 7.70. The molecule has 1 aromatic carbocycles. The normalized spacial score (nSPS) is 25.0. The van der Waals surface area contributed by atoms with E-state index in [-0.39, 0.29) is 11.9 Å². The van der Waals surface area contributed by atoms with Gasteiger partial charge in [0.1, 0.15) is 5.75 Å². The van der Waals surface area contributed by atoms with Crippen molar-refractivity contribution < 1.29 is 17.9 Å². The number of sulfonamides is 1. The number of carbonyl (C=O) groups is 1. The fourth-order valence-corrected chi connectivity index (χ4v) is 5.82. The first-order chi connectivity index (χ1) is 12.4. The lowest BCUT2D eigenvalue weighted by atomic mass is 9.96. The molecule has 1 aliphatic heterocycles. The van der Waals surface area contributed by atoms with Gasteiger partial charge >= 0.3 is 0 Å². The molecule has 1 heterocycles. The molecule has 0 bridgehead atoms. The van der Waals surface area contributed by atoms with Crippen LogP contribution < -0.4 is 10.1 Å². The standard InChI is InChI=1S/C19H28N2O4S/c1-4-12-21(13-5-2)26(23,24)19(3)15-8-6-7-9-16(15)25-17(19)18(22)20-14-10-11-14/h6-9,14,17H,4-5,10-13H2,1-3H3,(H,20,22). The molecule has 26 heavy (non-hydrogen) atoms. The van der Waals surface area contributed by atoms with E-state index >= 15 is 0 Å². The fraction of sp³-hybridized carbons (Fsp3) is 0.632. The van der Waals surface area contributed by atoms with Gasteiger partial charge in [-0.15, -0.1) is 0 Å². The number of fused-ring (bicyclic) bond motifs is 1. The molecule has 1 saturated carbocycles. The van der Waals surface area contributed by atoms with E-state index in [1.54, 1.807) is 31.2 Å². The Morgan fingerprint density at radius 1 is 1.23 bits per heavy atom. The van der Waals surface area contributed by atoms with E-state index < -0.39 is 20.9 Å². The molecule has 1 aliphatic carbocycles. The summed E-state index contributed by atoms with van der Waals surface area (Å²) in [5, 5.41) is 2.91. The molecule has 3 rings (SSSR count). The van der Waals surface area contributed by atoms with Gasteiger partial charge in [-0.25, -0.2) is 12.7 Å². The molecule has 0 spiro atoms. The van der Waals surface area contributed by atoms with Crippen LogP contribution in [0.25, 0.3) is 0 Å². The molecule has 6 nitrogen and oxygen atoms in total. The third kappa shape index (κ3) is 3.11. The minimum absolute atomic E-state index is 0.143. The van der Waals surface area contributed by atoms with Crippen LogP contribution in [-0.2, 0) is 19.6 Å². The van der Waals surface area contributed by atoms with Gasteiger partial charge in [0.15, 0.2) is 4.75 Å². The number of hydrogen-bond donors (Lipinski definition) is 1. The van der Waals surface area contributed by atoms with E-state index in [4.69, 9.17) is 4.74 Å². The lowest BCUT2D eigenvalue weighted by molar-refractivity contribution is -0.128. The highest BCUT2D eigenvalue weighted by Gasteiger charge is 2.59. The summed E-state index contributed by atoms with van der Waals surface area (Å²) in [6.07, 6.45) is 2.23. The lowest BCUT2D eigenvalue weighted by Crippen LogP contribution is -2.56. The van der Waals surface area contributed by atoms with E-state index in [1.807, 2.05) is 13.8 Å². The summed E-state index contributed by atoms with van der Waals surface area (Å²) >= 11 is 0. The number of carbonyl (C=O) groups excluding carboxylic acids is 1. The predicted octanol–water partition coefficient (Wildman–Crippen LogP) is 2.39. The second-order valence-corrected chi connectivity index (χ2v) is 9.60. The highest BCUT2D eigenvalue weighted by atomic mass is 32.2. The van der Waals surface area contributed by atoms with Crippen molar-refractivity contribution in [2.75, 3.05) is 13.1 Å². The van der Waals surface area contributed by atoms with E-state index in [2.05, 4.69) is 5.32 Å². The highest BCUT2D eigenvalue weighted by molar-refractivity contribution is 7.90. The number of rotatable bonds is 8. The zero-order valence-corrected chi connectivity index (χ0v) is 16.5. The van der Waals surface area contributed by atoms with Gasteiger partial charge in [-0.05, 0) is 38.7 Å². The molecule has 2 aliphatic rings. The molecule has 7 heteroatoms. The number of nitrogens with zero attached hydrogens (tertiary/aromatic N) is 1. The van der Waals surface area contributed by atoms with Crippen molar-refractivity contribution >= 4 is 15.9 Å². The second-order valence-electron chi connectivity index (χ2n) is 7.29. The monoisotopic (exact) mass is 380 g/mol. The van der Waals surface area contributed by atoms with E-state index in [0.717, 1.165) is 25.7 Å². The average molecular weight is 381 g/mol. The van der Waals surface area contributed by atoms with E-state index in [1.165, 1.54) is 4.31 Å². The number of ether oxygens (including phenoxy) is 1. The Bertz CT molecular complexity index is 769. The van der Waals surface area contributed by atoms with Gasteiger partial charge in [-0.2, -0.15) is 0 Å². The van der Waals surface area contributed by atoms with Crippen molar-refractivity contribution in [1.29, 1.82) is 0 Å². The quantitative estimate of drug-likeness (QED) is 0.751. The zero-order valence-electron chi connectivity index (χ0n) is 15.7. The number of nitrogens with one attached hydrogen (secondary N) is 1. The number of benzene rings is 1. The number of hydrogen-bond acceptors (Lipinski definition) is 4. The van der Waals surface area contributed by atoms with Crippen LogP contribution in [0, 0.1) is 0 Å². The van der Waals surface area contributed by atoms with Crippen LogP contribution in [0.5, 0.6) is 5.75 Å². The molecule has 0 aromatic heterocycles. The average Bonchev–Trinajstić information content (AvgIpc) is 3.37. The minimum Gasteiger partial charge on any atom is -0.478 e. The van der Waals surface area contributed by atoms with Crippen molar-refractivity contribution in [3.8, 4) is 5.75 Å². The Morgan fingerprint density at radius 3 is 2.42 bits per heavy atom. The molecule has 2 atom stereocenters. The molecule has 1 N–H and O–H groups in total. The summed E-state index contributed by atoms with van der Waals surface area (Å²) in [5.41, 5.74) is 0.563. The molecule has 0 radical (unpaired) electrons. The summed E-state index contributed by atoms with van der Waals surface area (Å²) in [6.45, 7) is 6.41. The third-order valence-electron chi connectivity index (χ3n) is 5.15. The van der Waals surface area contributed by atoms with Crippen LogP contribution in [0.2, 0.25) is 0 Å². The largest absolute Gasteiger partial charge is 0.478 e. The Labute approximate surface area is 156 Å². The van der Waals surface area contributed by atoms with Gasteiger partial charge < -0.3 is 10.1 Å². The van der Waals surface area contributed by atoms with E-state index in [9.17, 15) is 13.2 Å². The lowest BCUT2D eigenvalue weighted by Gasteiger charge is -2.34. The Hall–Kier alpha value is -1.60. The van der Waals surface area contributed by atoms with Crippen LogP contribution in [0.15, 0.2) is 24.3 Å². The molecular formula is C19H28N2O4S. The maximum Gasteiger partial charge on any atom is 0.263 e. The first-order valence-corrected chi connectivity index (χ1v) is 10.9. The minimum atomic E-state index is -3.80. The molecule has 144 valence electrons. The van der Waals surface area contributed by atoms with Crippen LogP contribution in [-0.4, -0.2) is 43.9 Å². The fourth-order valence-electron chi connectivity index (χ4n) is 3.56. The van der Waals surface area contributed by atoms with Crippen LogP contribution in [0.3, 0.4) is 0 Å². The van der Waals surface area contributed by atoms with Gasteiger partial charge in [0, 0.05) is 24.7 Å². The Balaban J connectivity index is 2.05. The van der Waals surface area contributed by atoms with Crippen molar-refractivity contribution in [3.63, 3.8) is 0 Å². The molecule has 1 aromatic rings. The maximum atomic E-state index is 13.7. The van der Waals surface area contributed by atoms with Gasteiger partial charge in [0.25, 0.3) is 5.91 Å². The summed E-state index contributed by atoms with van der Waals surface area (Å²) in [6, 6.07) is 7.22. The Morgan fingerprint density at radius 2 is 1.85 bits per heavy atom. The smallest absolute Gasteiger partial charge is 0.263 e. The number of amides is 1. The Kier molecular flexibility index (Phi) is 5.30. The SMILES string of the molecule is CCCN(CCC)S(=O)(=O)C1(C)c2ccccc2OC1C(=O)NC1CC1. The van der Waals surface area contributed by atoms with Crippen molar-refractivity contribution in [3.05, 3.63) is 29.8 Å². The van der Waals surface area contributed by atoms with Gasteiger partial charge in [-0.3, -0.25) is 4.79 Å². The maximum absolute atomic E-state index is 13.7. The van der Waals surface area contributed by atoms with Crippen LogP contribution in [0.4, 0.5) is 0 Å². The second kappa shape index (κ2) is 7.19. The van der Waals surface area contributed by atoms with Gasteiger partial charge in [-0.1, -0.05) is 32.0 Å². The van der Waals surface area contributed by atoms with Gasteiger partial charge in [0.05, 0.1) is 0 Å². The molecule has 1 amide bonds. The first-order valence-electron chi connectivity index (χ1n) is 9.42. The molecular weight excluding hydrogens is 352 g/mol. The summed E-state index contributed by atoms with van der Waals surface area (Å²) in [4.78, 5) is 12.8. The van der Waals surface area contributed by atoms with Crippen molar-refractivity contribution in [2.45, 2.75) is 63.3 Å². The van der Waals surface area contributed by atoms with Crippen LogP contribution in [0.1, 0.15) is 52.0 Å². The first kappa shape index (κ1) is 19.2. The predicted molar refractivity (Wildman–Crippen MR) is 100 cm³/mol. The van der Waals surface area contributed by atoms with Crippen molar-refractivity contribution in [2.24, 2.45) is 0 Å². The summed E-state index contributed by atoms with van der Waals surface area (Å²) < 4.78 is 33.3. The summed E-state index contributed by atoms with van der Waals surface area (Å²) in [5.74, 6) is 0.130. The molecule has 2 unspecified atom stereocenters. The number of para-hydroxylation sites is 1. The zero-order chi connectivity index (χ0) is 18.9. The van der Waals surface area contributed by atoms with Crippen LogP contribution >= 0.6 is 0 Å². The van der Waals surface area contributed by atoms with Crippen molar-refractivity contribution in [1.82, 2.24) is 9.62 Å². The summed E-state index contributed by atoms with van der Waals surface area (Å²) in [7, 11) is -3.80. The highest BCUT2D eigenvalue weighted by Crippen LogP contribution is 2.48. The van der Waals surface area contributed by atoms with E-state index in [0.29, 0.717) is 24.4 Å². The topological polar surface area (TPSA) is 75.7 Å².